The standard InChI is InChI=1S/C19H24FN5O2.2ClH/c20-13-7-14(17-16(8-13)23-11-24-17)19(27)25-6-2-3-12(10-25)9-22-18(26)15-4-1-5-21-15;;/h7-8,11-12,15,21H,1-6,9-10H2,(H,22,26)(H,23,24);2*1H. The number of nitrogens with one attached hydrogen (secondary N) is 3. The van der Waals surface area contributed by atoms with Crippen LogP contribution in [-0.2, 0) is 4.79 Å². The molecule has 29 heavy (non-hydrogen) atoms. The van der Waals surface area contributed by atoms with Gasteiger partial charge in [-0.2, -0.15) is 0 Å². The molecule has 2 aliphatic rings. The summed E-state index contributed by atoms with van der Waals surface area (Å²) >= 11 is 0. The Hall–Kier alpha value is -1.90. The number of aromatic amines is 1. The molecule has 0 bridgehead atoms. The van der Waals surface area contributed by atoms with Gasteiger partial charge in [-0.05, 0) is 50.3 Å². The lowest BCUT2D eigenvalue weighted by molar-refractivity contribution is -0.123. The first-order valence-corrected chi connectivity index (χ1v) is 9.55. The third-order valence-corrected chi connectivity index (χ3v) is 5.47. The van der Waals surface area contributed by atoms with Crippen LogP contribution in [0.15, 0.2) is 18.5 Å². The minimum absolute atomic E-state index is 0. The van der Waals surface area contributed by atoms with Crippen molar-refractivity contribution in [3.63, 3.8) is 0 Å². The number of imidazole rings is 1. The van der Waals surface area contributed by atoms with Crippen molar-refractivity contribution < 1.29 is 14.0 Å². The minimum atomic E-state index is -0.458. The van der Waals surface area contributed by atoms with E-state index < -0.39 is 5.82 Å². The van der Waals surface area contributed by atoms with E-state index in [-0.39, 0.29) is 54.2 Å². The molecule has 3 heterocycles. The molecule has 2 aromatic rings. The zero-order chi connectivity index (χ0) is 18.8. The molecule has 0 aliphatic carbocycles. The van der Waals surface area contributed by atoms with Crippen LogP contribution in [0.1, 0.15) is 36.0 Å². The van der Waals surface area contributed by atoms with Gasteiger partial charge in [-0.15, -0.1) is 24.8 Å². The number of rotatable bonds is 4. The van der Waals surface area contributed by atoms with Crippen molar-refractivity contribution in [2.24, 2.45) is 5.92 Å². The van der Waals surface area contributed by atoms with Gasteiger partial charge in [0.15, 0.2) is 0 Å². The molecule has 2 atom stereocenters. The van der Waals surface area contributed by atoms with E-state index in [0.717, 1.165) is 32.2 Å². The number of carbonyl (C=O) groups excluding carboxylic acids is 2. The molecule has 2 aliphatic heterocycles. The predicted molar refractivity (Wildman–Crippen MR) is 113 cm³/mol. The summed E-state index contributed by atoms with van der Waals surface area (Å²) in [6.45, 7) is 2.64. The molecule has 1 aromatic heterocycles. The van der Waals surface area contributed by atoms with Gasteiger partial charge < -0.3 is 20.5 Å². The number of hydrogen-bond acceptors (Lipinski definition) is 4. The van der Waals surface area contributed by atoms with Crippen molar-refractivity contribution >= 4 is 47.7 Å². The molecule has 10 heteroatoms. The topological polar surface area (TPSA) is 90.1 Å². The molecule has 1 aromatic carbocycles. The first-order valence-electron chi connectivity index (χ1n) is 9.55. The quantitative estimate of drug-likeness (QED) is 0.672. The number of carbonyl (C=O) groups is 2. The summed E-state index contributed by atoms with van der Waals surface area (Å²) in [7, 11) is 0. The summed E-state index contributed by atoms with van der Waals surface area (Å²) < 4.78 is 13.9. The lowest BCUT2D eigenvalue weighted by atomic mass is 9.97. The number of H-pyrrole nitrogens is 1. The van der Waals surface area contributed by atoms with E-state index in [0.29, 0.717) is 30.7 Å². The van der Waals surface area contributed by atoms with Crippen molar-refractivity contribution in [3.05, 3.63) is 29.8 Å². The normalized spacial score (nSPS) is 21.3. The van der Waals surface area contributed by atoms with Gasteiger partial charge in [-0.25, -0.2) is 9.37 Å². The van der Waals surface area contributed by atoms with E-state index in [9.17, 15) is 14.0 Å². The van der Waals surface area contributed by atoms with Gasteiger partial charge >= 0.3 is 0 Å². The van der Waals surface area contributed by atoms with Gasteiger partial charge in [0.05, 0.1) is 23.4 Å². The van der Waals surface area contributed by atoms with Crippen molar-refractivity contribution in [3.8, 4) is 0 Å². The zero-order valence-corrected chi connectivity index (χ0v) is 17.6. The monoisotopic (exact) mass is 445 g/mol. The zero-order valence-electron chi connectivity index (χ0n) is 15.9. The second-order valence-electron chi connectivity index (χ2n) is 7.41. The van der Waals surface area contributed by atoms with Crippen LogP contribution in [0, 0.1) is 11.7 Å². The third-order valence-electron chi connectivity index (χ3n) is 5.47. The van der Waals surface area contributed by atoms with Crippen molar-refractivity contribution in [2.75, 3.05) is 26.2 Å². The van der Waals surface area contributed by atoms with Crippen LogP contribution in [0.3, 0.4) is 0 Å². The second-order valence-corrected chi connectivity index (χ2v) is 7.41. The molecule has 2 fully saturated rings. The average molecular weight is 446 g/mol. The van der Waals surface area contributed by atoms with E-state index in [2.05, 4.69) is 20.6 Å². The van der Waals surface area contributed by atoms with E-state index in [1.54, 1.807) is 4.90 Å². The Morgan fingerprint density at radius 1 is 1.24 bits per heavy atom. The fourth-order valence-electron chi connectivity index (χ4n) is 4.04. The molecular weight excluding hydrogens is 420 g/mol. The van der Waals surface area contributed by atoms with Gasteiger partial charge in [-0.1, -0.05) is 0 Å². The Labute approximate surface area is 181 Å². The number of nitrogens with zero attached hydrogens (tertiary/aromatic N) is 2. The summed E-state index contributed by atoms with van der Waals surface area (Å²) in [4.78, 5) is 33.9. The van der Waals surface area contributed by atoms with E-state index in [1.807, 2.05) is 0 Å². The number of amides is 2. The van der Waals surface area contributed by atoms with Crippen LogP contribution >= 0.6 is 24.8 Å². The summed E-state index contributed by atoms with van der Waals surface area (Å²) in [6, 6.07) is 2.50. The summed E-state index contributed by atoms with van der Waals surface area (Å²) in [5.74, 6) is -0.421. The van der Waals surface area contributed by atoms with Crippen LogP contribution < -0.4 is 10.6 Å². The highest BCUT2D eigenvalue weighted by atomic mass is 35.5. The third kappa shape index (κ3) is 5.18. The van der Waals surface area contributed by atoms with Crippen LogP contribution in [0.4, 0.5) is 4.39 Å². The highest BCUT2D eigenvalue weighted by Crippen LogP contribution is 2.23. The first kappa shape index (κ1) is 23.4. The lowest BCUT2D eigenvalue weighted by Crippen LogP contribution is -2.46. The first-order chi connectivity index (χ1) is 13.1. The number of hydrogen-bond donors (Lipinski definition) is 3. The van der Waals surface area contributed by atoms with Crippen molar-refractivity contribution in [1.29, 1.82) is 0 Å². The van der Waals surface area contributed by atoms with Crippen LogP contribution in [0.2, 0.25) is 0 Å². The summed E-state index contributed by atoms with van der Waals surface area (Å²) in [6.07, 6.45) is 5.20. The molecule has 0 saturated carbocycles. The van der Waals surface area contributed by atoms with Gasteiger partial charge in [0.1, 0.15) is 11.3 Å². The highest BCUT2D eigenvalue weighted by Gasteiger charge is 2.28. The molecule has 2 saturated heterocycles. The maximum atomic E-state index is 13.9. The number of fused-ring (bicyclic) bond motifs is 1. The molecule has 4 rings (SSSR count). The predicted octanol–water partition coefficient (Wildman–Crippen LogP) is 2.27. The van der Waals surface area contributed by atoms with Gasteiger partial charge in [0.2, 0.25) is 5.91 Å². The molecule has 3 N–H and O–H groups in total. The fraction of sp³-hybridized carbons (Fsp3) is 0.526. The van der Waals surface area contributed by atoms with Gasteiger partial charge in [-0.3, -0.25) is 9.59 Å². The number of likely N-dealkylation sites (tertiary alicyclic amines) is 1. The fourth-order valence-corrected chi connectivity index (χ4v) is 4.04. The molecule has 2 amide bonds. The molecule has 0 radical (unpaired) electrons. The number of piperidine rings is 1. The Morgan fingerprint density at radius 2 is 2.07 bits per heavy atom. The SMILES string of the molecule is Cl.Cl.O=C(NCC1CCCN(C(=O)c2cc(F)cc3[nH]cnc23)C1)C1CCCN1. The number of aromatic nitrogens is 2. The average Bonchev–Trinajstić information content (AvgIpc) is 3.36. The van der Waals surface area contributed by atoms with Crippen molar-refractivity contribution in [2.45, 2.75) is 31.7 Å². The van der Waals surface area contributed by atoms with Gasteiger partial charge in [0, 0.05) is 19.6 Å². The van der Waals surface area contributed by atoms with E-state index in [4.69, 9.17) is 0 Å². The minimum Gasteiger partial charge on any atom is -0.354 e. The molecule has 2 unspecified atom stereocenters. The Balaban J connectivity index is 0.00000150. The van der Waals surface area contributed by atoms with Crippen LogP contribution in [-0.4, -0.2) is 58.9 Å². The van der Waals surface area contributed by atoms with E-state index >= 15 is 0 Å². The molecule has 0 spiro atoms. The Bertz CT molecular complexity index is 856. The largest absolute Gasteiger partial charge is 0.354 e. The second kappa shape index (κ2) is 10.2. The smallest absolute Gasteiger partial charge is 0.256 e. The lowest BCUT2D eigenvalue weighted by Gasteiger charge is -2.33. The Kier molecular flexibility index (Phi) is 8.24. The number of halogens is 3. The summed E-state index contributed by atoms with van der Waals surface area (Å²) in [5, 5.41) is 6.20. The maximum absolute atomic E-state index is 13.9. The summed E-state index contributed by atoms with van der Waals surface area (Å²) in [5.41, 5.74) is 1.29. The highest BCUT2D eigenvalue weighted by molar-refractivity contribution is 6.04. The molecular formula is C19H26Cl2FN5O2. The van der Waals surface area contributed by atoms with Crippen molar-refractivity contribution in [1.82, 2.24) is 25.5 Å². The maximum Gasteiger partial charge on any atom is 0.256 e. The van der Waals surface area contributed by atoms with Crippen LogP contribution in [0.25, 0.3) is 11.0 Å². The molecule has 7 nitrogen and oxygen atoms in total. The van der Waals surface area contributed by atoms with Crippen LogP contribution in [0.5, 0.6) is 0 Å². The van der Waals surface area contributed by atoms with Gasteiger partial charge in [0.25, 0.3) is 5.91 Å². The molecule has 160 valence electrons. The van der Waals surface area contributed by atoms with E-state index in [1.165, 1.54) is 18.5 Å². The Morgan fingerprint density at radius 3 is 2.83 bits per heavy atom. The number of benzene rings is 1.